The maximum absolute atomic E-state index is 10.5. The predicted molar refractivity (Wildman–Crippen MR) is 90.8 cm³/mol. The van der Waals surface area contributed by atoms with Crippen LogP contribution in [0.3, 0.4) is 0 Å². The minimum Gasteiger partial charge on any atom is -0.393 e. The summed E-state index contributed by atoms with van der Waals surface area (Å²) in [5.74, 6) is 3.02. The van der Waals surface area contributed by atoms with Crippen LogP contribution >= 0.6 is 11.8 Å². The molecule has 1 aromatic carbocycles. The second-order valence-corrected chi connectivity index (χ2v) is 8.89. The zero-order chi connectivity index (χ0) is 15.0. The van der Waals surface area contributed by atoms with Gasteiger partial charge < -0.3 is 5.11 Å². The number of hydrogen-bond donors (Lipinski definition) is 1. The number of aliphatic hydroxyl groups excluding tert-OH is 1. The molecular formula is C19H28OS. The van der Waals surface area contributed by atoms with E-state index in [2.05, 4.69) is 45.0 Å². The van der Waals surface area contributed by atoms with Crippen molar-refractivity contribution in [3.63, 3.8) is 0 Å². The number of fused-ring (bicyclic) bond motifs is 1. The van der Waals surface area contributed by atoms with Crippen LogP contribution in [0.5, 0.6) is 0 Å². The smallest absolute Gasteiger partial charge is 0.0576 e. The first-order valence-electron chi connectivity index (χ1n) is 8.37. The Kier molecular flexibility index (Phi) is 4.38. The molecule has 1 saturated carbocycles. The lowest BCUT2D eigenvalue weighted by atomic mass is 9.64. The van der Waals surface area contributed by atoms with E-state index in [1.807, 2.05) is 11.8 Å². The van der Waals surface area contributed by atoms with Gasteiger partial charge in [-0.2, -0.15) is 0 Å². The van der Waals surface area contributed by atoms with Gasteiger partial charge in [0.05, 0.1) is 6.10 Å². The number of aliphatic hydroxyl groups is 1. The molecule has 0 bridgehead atoms. The van der Waals surface area contributed by atoms with E-state index >= 15 is 0 Å². The molecule has 0 aromatic heterocycles. The number of rotatable bonds is 3. The fraction of sp³-hybridized carbons (Fsp3) is 0.684. The van der Waals surface area contributed by atoms with Crippen LogP contribution in [-0.4, -0.2) is 17.0 Å². The number of benzene rings is 1. The molecule has 1 aromatic rings. The van der Waals surface area contributed by atoms with E-state index in [-0.39, 0.29) is 11.5 Å². The van der Waals surface area contributed by atoms with Gasteiger partial charge in [0.15, 0.2) is 0 Å². The summed E-state index contributed by atoms with van der Waals surface area (Å²) < 4.78 is 0. The summed E-state index contributed by atoms with van der Waals surface area (Å²) in [4.78, 5) is 1.47. The van der Waals surface area contributed by atoms with Crippen LogP contribution < -0.4 is 0 Å². The molecule has 21 heavy (non-hydrogen) atoms. The zero-order valence-electron chi connectivity index (χ0n) is 13.5. The van der Waals surface area contributed by atoms with Crippen molar-refractivity contribution in [3.05, 3.63) is 29.8 Å². The van der Waals surface area contributed by atoms with E-state index in [9.17, 15) is 5.11 Å². The van der Waals surface area contributed by atoms with Gasteiger partial charge in [-0.05, 0) is 54.1 Å². The average Bonchev–Trinajstić information content (AvgIpc) is 2.81. The largest absolute Gasteiger partial charge is 0.393 e. The van der Waals surface area contributed by atoms with Crippen LogP contribution in [-0.2, 0) is 0 Å². The second-order valence-electron chi connectivity index (χ2n) is 7.83. The highest BCUT2D eigenvalue weighted by Crippen LogP contribution is 2.49. The Hall–Kier alpha value is -0.470. The van der Waals surface area contributed by atoms with Gasteiger partial charge in [0.25, 0.3) is 0 Å². The van der Waals surface area contributed by atoms with E-state index in [1.54, 1.807) is 0 Å². The summed E-state index contributed by atoms with van der Waals surface area (Å²) in [5, 5.41) is 10.5. The van der Waals surface area contributed by atoms with Crippen molar-refractivity contribution < 1.29 is 5.11 Å². The first-order valence-corrected chi connectivity index (χ1v) is 9.36. The third-order valence-corrected chi connectivity index (χ3v) is 6.91. The third-order valence-electron chi connectivity index (χ3n) is 5.65. The second kappa shape index (κ2) is 5.96. The van der Waals surface area contributed by atoms with Crippen LogP contribution in [0.1, 0.15) is 57.9 Å². The van der Waals surface area contributed by atoms with E-state index < -0.39 is 0 Å². The highest BCUT2D eigenvalue weighted by atomic mass is 32.2. The summed E-state index contributed by atoms with van der Waals surface area (Å²) >= 11 is 2.00. The Balaban J connectivity index is 1.72. The maximum atomic E-state index is 10.5. The molecule has 4 unspecified atom stereocenters. The van der Waals surface area contributed by atoms with Crippen molar-refractivity contribution in [2.24, 2.45) is 17.3 Å². The summed E-state index contributed by atoms with van der Waals surface area (Å²) in [6.07, 6.45) is 4.56. The van der Waals surface area contributed by atoms with Crippen molar-refractivity contribution in [3.8, 4) is 0 Å². The molecule has 1 N–H and O–H groups in total. The molecule has 2 heteroatoms. The molecule has 0 spiro atoms. The van der Waals surface area contributed by atoms with Gasteiger partial charge in [0, 0.05) is 10.6 Å². The number of thioether (sulfide) groups is 1. The Morgan fingerprint density at radius 2 is 2.00 bits per heavy atom. The SMILES string of the molecule is CC1CCC(C(C)(C)CC2CSc3ccccc32)C(O)C1. The van der Waals surface area contributed by atoms with E-state index in [1.165, 1.54) is 35.5 Å². The summed E-state index contributed by atoms with van der Waals surface area (Å²) in [6, 6.07) is 8.87. The standard InChI is InChI=1S/C19H28OS/c1-13-8-9-16(17(20)10-13)19(2,3)11-14-12-21-18-7-5-4-6-15(14)18/h4-7,13-14,16-17,20H,8-12H2,1-3H3. The zero-order valence-corrected chi connectivity index (χ0v) is 14.3. The summed E-state index contributed by atoms with van der Waals surface area (Å²) in [7, 11) is 0. The number of hydrogen-bond acceptors (Lipinski definition) is 2. The summed E-state index contributed by atoms with van der Waals surface area (Å²) in [5.41, 5.74) is 1.76. The molecule has 3 rings (SSSR count). The van der Waals surface area contributed by atoms with E-state index in [0.29, 0.717) is 17.8 Å². The van der Waals surface area contributed by atoms with Crippen LogP contribution in [0, 0.1) is 17.3 Å². The highest BCUT2D eigenvalue weighted by molar-refractivity contribution is 7.99. The predicted octanol–water partition coefficient (Wildman–Crippen LogP) is 5.09. The highest BCUT2D eigenvalue weighted by Gasteiger charge is 2.40. The van der Waals surface area contributed by atoms with Crippen molar-refractivity contribution in [2.45, 2.75) is 63.4 Å². The molecule has 1 nitrogen and oxygen atoms in total. The first-order chi connectivity index (χ1) is 9.97. The fourth-order valence-electron chi connectivity index (χ4n) is 4.45. The van der Waals surface area contributed by atoms with Crippen molar-refractivity contribution in [2.75, 3.05) is 5.75 Å². The Morgan fingerprint density at radius 3 is 2.76 bits per heavy atom. The Labute approximate surface area is 133 Å². The molecule has 1 heterocycles. The molecule has 0 saturated heterocycles. The van der Waals surface area contributed by atoms with Crippen LogP contribution in [0.2, 0.25) is 0 Å². The molecule has 4 atom stereocenters. The van der Waals surface area contributed by atoms with Gasteiger partial charge in [0.2, 0.25) is 0 Å². The molecule has 2 aliphatic rings. The van der Waals surface area contributed by atoms with Crippen LogP contribution in [0.4, 0.5) is 0 Å². The van der Waals surface area contributed by atoms with Gasteiger partial charge in [-0.25, -0.2) is 0 Å². The summed E-state index contributed by atoms with van der Waals surface area (Å²) in [6.45, 7) is 7.03. The quantitative estimate of drug-likeness (QED) is 0.839. The molecule has 0 amide bonds. The van der Waals surface area contributed by atoms with Crippen LogP contribution in [0.25, 0.3) is 0 Å². The Morgan fingerprint density at radius 1 is 1.24 bits per heavy atom. The molecule has 0 radical (unpaired) electrons. The monoisotopic (exact) mass is 304 g/mol. The van der Waals surface area contributed by atoms with E-state index in [4.69, 9.17) is 0 Å². The van der Waals surface area contributed by atoms with Crippen molar-refractivity contribution in [1.82, 2.24) is 0 Å². The van der Waals surface area contributed by atoms with Crippen molar-refractivity contribution in [1.29, 1.82) is 0 Å². The van der Waals surface area contributed by atoms with Crippen LogP contribution in [0.15, 0.2) is 29.2 Å². The lowest BCUT2D eigenvalue weighted by molar-refractivity contribution is -0.0178. The normalized spacial score (nSPS) is 33.0. The van der Waals surface area contributed by atoms with Gasteiger partial charge >= 0.3 is 0 Å². The maximum Gasteiger partial charge on any atom is 0.0576 e. The first kappa shape index (κ1) is 15.4. The van der Waals surface area contributed by atoms with Gasteiger partial charge in [-0.15, -0.1) is 11.8 Å². The molecular weight excluding hydrogens is 276 g/mol. The van der Waals surface area contributed by atoms with E-state index in [0.717, 1.165) is 6.42 Å². The molecule has 1 aliphatic heterocycles. The third kappa shape index (κ3) is 3.17. The fourth-order valence-corrected chi connectivity index (χ4v) is 5.70. The van der Waals surface area contributed by atoms with Gasteiger partial charge in [-0.3, -0.25) is 0 Å². The lowest BCUT2D eigenvalue weighted by Crippen LogP contribution is -2.39. The molecule has 116 valence electrons. The lowest BCUT2D eigenvalue weighted by Gasteiger charge is -2.43. The Bertz CT molecular complexity index is 496. The molecule has 1 aliphatic carbocycles. The molecule has 1 fully saturated rings. The average molecular weight is 304 g/mol. The van der Waals surface area contributed by atoms with Gasteiger partial charge in [-0.1, -0.05) is 45.4 Å². The van der Waals surface area contributed by atoms with Gasteiger partial charge in [0.1, 0.15) is 0 Å². The van der Waals surface area contributed by atoms with Crippen molar-refractivity contribution >= 4 is 11.8 Å². The minimum atomic E-state index is -0.104. The minimum absolute atomic E-state index is 0.104. The topological polar surface area (TPSA) is 20.2 Å².